The molecular weight excluding hydrogens is 397 g/mol. The monoisotopic (exact) mass is 417 g/mol. The SMILES string of the molecule is CCc1c(CC(=O)O)cc2ccc(F)cc2c1Oc1ccc(S(=O)(=O)CC)cn1. The van der Waals surface area contributed by atoms with E-state index in [0.29, 0.717) is 34.1 Å². The summed E-state index contributed by atoms with van der Waals surface area (Å²) in [5.74, 6) is -1.03. The van der Waals surface area contributed by atoms with Crippen LogP contribution in [0.2, 0.25) is 0 Å². The van der Waals surface area contributed by atoms with Gasteiger partial charge in [-0.3, -0.25) is 4.79 Å². The molecule has 1 aromatic heterocycles. The van der Waals surface area contributed by atoms with Gasteiger partial charge in [0.2, 0.25) is 5.88 Å². The second-order valence-corrected chi connectivity index (χ2v) is 8.75. The topological polar surface area (TPSA) is 93.6 Å². The number of carboxylic acid groups (broad SMARTS) is 1. The smallest absolute Gasteiger partial charge is 0.307 e. The summed E-state index contributed by atoms with van der Waals surface area (Å²) in [5.41, 5.74) is 1.21. The Morgan fingerprint density at radius 2 is 1.93 bits per heavy atom. The molecule has 0 spiro atoms. The fourth-order valence-electron chi connectivity index (χ4n) is 3.14. The summed E-state index contributed by atoms with van der Waals surface area (Å²) in [5, 5.41) is 10.4. The first kappa shape index (κ1) is 20.7. The lowest BCUT2D eigenvalue weighted by Crippen LogP contribution is -2.06. The Hall–Kier alpha value is -3.00. The van der Waals surface area contributed by atoms with Gasteiger partial charge < -0.3 is 9.84 Å². The van der Waals surface area contributed by atoms with Crippen LogP contribution in [0.3, 0.4) is 0 Å². The Kier molecular flexibility index (Phi) is 5.83. The molecule has 0 aliphatic heterocycles. The molecule has 0 aliphatic carbocycles. The number of aromatic nitrogens is 1. The van der Waals surface area contributed by atoms with E-state index in [2.05, 4.69) is 4.98 Å². The molecule has 0 fully saturated rings. The lowest BCUT2D eigenvalue weighted by molar-refractivity contribution is -0.136. The van der Waals surface area contributed by atoms with Crippen molar-refractivity contribution in [1.82, 2.24) is 4.98 Å². The Morgan fingerprint density at radius 3 is 2.52 bits per heavy atom. The van der Waals surface area contributed by atoms with Crippen LogP contribution in [0.25, 0.3) is 10.8 Å². The van der Waals surface area contributed by atoms with E-state index in [-0.39, 0.29) is 22.9 Å². The van der Waals surface area contributed by atoms with Gasteiger partial charge in [0.1, 0.15) is 11.6 Å². The Balaban J connectivity index is 2.14. The van der Waals surface area contributed by atoms with Crippen LogP contribution in [0, 0.1) is 5.82 Å². The molecular formula is C21H20FNO5S. The van der Waals surface area contributed by atoms with Crippen molar-refractivity contribution in [2.24, 2.45) is 0 Å². The molecule has 3 rings (SSSR count). The number of halogens is 1. The maximum atomic E-state index is 13.9. The van der Waals surface area contributed by atoms with Crippen molar-refractivity contribution in [3.05, 3.63) is 59.5 Å². The van der Waals surface area contributed by atoms with Crippen LogP contribution in [0.1, 0.15) is 25.0 Å². The third-order valence-corrected chi connectivity index (χ3v) is 6.32. The van der Waals surface area contributed by atoms with Gasteiger partial charge in [-0.05, 0) is 41.1 Å². The standard InChI is InChI=1S/C21H20FNO5S/c1-3-17-14(10-20(24)25)9-13-5-6-15(22)11-18(13)21(17)28-19-8-7-16(12-23-19)29(26,27)4-2/h5-9,11-12H,3-4,10H2,1-2H3,(H,24,25). The summed E-state index contributed by atoms with van der Waals surface area (Å²) in [6.45, 7) is 3.39. The number of sulfone groups is 1. The van der Waals surface area contributed by atoms with Crippen LogP contribution >= 0.6 is 0 Å². The minimum absolute atomic E-state index is 0.0456. The molecule has 0 aliphatic rings. The van der Waals surface area contributed by atoms with E-state index in [9.17, 15) is 22.7 Å². The van der Waals surface area contributed by atoms with E-state index in [1.54, 1.807) is 19.1 Å². The van der Waals surface area contributed by atoms with E-state index >= 15 is 0 Å². The largest absolute Gasteiger partial charge is 0.481 e. The fraction of sp³-hybridized carbons (Fsp3) is 0.238. The van der Waals surface area contributed by atoms with E-state index in [4.69, 9.17) is 4.74 Å². The number of hydrogen-bond donors (Lipinski definition) is 1. The quantitative estimate of drug-likeness (QED) is 0.621. The average Bonchev–Trinajstić information content (AvgIpc) is 2.68. The first-order valence-electron chi connectivity index (χ1n) is 9.07. The number of nitrogens with zero attached hydrogens (tertiary/aromatic N) is 1. The van der Waals surface area contributed by atoms with E-state index in [1.165, 1.54) is 30.5 Å². The van der Waals surface area contributed by atoms with Gasteiger partial charge in [-0.2, -0.15) is 0 Å². The molecule has 1 N–H and O–H groups in total. The third-order valence-electron chi connectivity index (χ3n) is 4.60. The lowest BCUT2D eigenvalue weighted by Gasteiger charge is -2.17. The van der Waals surface area contributed by atoms with Crippen molar-refractivity contribution < 1.29 is 27.4 Å². The van der Waals surface area contributed by atoms with Gasteiger partial charge >= 0.3 is 5.97 Å². The molecule has 3 aromatic rings. The highest BCUT2D eigenvalue weighted by atomic mass is 32.2. The molecule has 0 bridgehead atoms. The predicted octanol–water partition coefficient (Wildman–Crippen LogP) is 4.15. The molecule has 0 amide bonds. The summed E-state index contributed by atoms with van der Waals surface area (Å²) in [6.07, 6.45) is 1.48. The van der Waals surface area contributed by atoms with E-state index in [1.807, 2.05) is 6.92 Å². The second-order valence-electron chi connectivity index (χ2n) is 6.47. The van der Waals surface area contributed by atoms with Crippen LogP contribution in [-0.4, -0.2) is 30.2 Å². The highest BCUT2D eigenvalue weighted by Gasteiger charge is 2.18. The minimum Gasteiger partial charge on any atom is -0.481 e. The number of carboxylic acids is 1. The number of carbonyl (C=O) groups is 1. The lowest BCUT2D eigenvalue weighted by atomic mass is 9.95. The first-order chi connectivity index (χ1) is 13.7. The van der Waals surface area contributed by atoms with Crippen LogP contribution in [0.4, 0.5) is 4.39 Å². The van der Waals surface area contributed by atoms with Gasteiger partial charge in [0.15, 0.2) is 9.84 Å². The number of pyridine rings is 1. The molecule has 0 radical (unpaired) electrons. The Bertz CT molecular complexity index is 1170. The summed E-state index contributed by atoms with van der Waals surface area (Å²) >= 11 is 0. The zero-order chi connectivity index (χ0) is 21.2. The number of rotatable bonds is 7. The molecule has 2 aromatic carbocycles. The van der Waals surface area contributed by atoms with Gasteiger partial charge in [0, 0.05) is 17.6 Å². The Morgan fingerprint density at radius 1 is 1.17 bits per heavy atom. The second kappa shape index (κ2) is 8.16. The number of fused-ring (bicyclic) bond motifs is 1. The number of aliphatic carboxylic acids is 1. The molecule has 8 heteroatoms. The summed E-state index contributed by atoms with van der Waals surface area (Å²) < 4.78 is 43.7. The van der Waals surface area contributed by atoms with Crippen molar-refractivity contribution >= 4 is 26.6 Å². The zero-order valence-electron chi connectivity index (χ0n) is 16.0. The summed E-state index contributed by atoms with van der Waals surface area (Å²) in [7, 11) is -3.39. The third kappa shape index (κ3) is 4.37. The molecule has 0 atom stereocenters. The van der Waals surface area contributed by atoms with Crippen LogP contribution in [0.5, 0.6) is 11.6 Å². The average molecular weight is 417 g/mol. The van der Waals surface area contributed by atoms with Gasteiger partial charge in [0.25, 0.3) is 0 Å². The van der Waals surface area contributed by atoms with E-state index < -0.39 is 21.6 Å². The maximum Gasteiger partial charge on any atom is 0.307 e. The molecule has 152 valence electrons. The number of hydrogen-bond acceptors (Lipinski definition) is 5. The van der Waals surface area contributed by atoms with Crippen LogP contribution in [-0.2, 0) is 27.5 Å². The summed E-state index contributed by atoms with van der Waals surface area (Å²) in [6, 6.07) is 8.73. The summed E-state index contributed by atoms with van der Waals surface area (Å²) in [4.78, 5) is 15.4. The molecule has 0 saturated carbocycles. The highest BCUT2D eigenvalue weighted by Crippen LogP contribution is 2.37. The van der Waals surface area contributed by atoms with Gasteiger partial charge in [-0.1, -0.05) is 26.0 Å². The van der Waals surface area contributed by atoms with E-state index in [0.717, 1.165) is 0 Å². The predicted molar refractivity (Wildman–Crippen MR) is 107 cm³/mol. The number of ether oxygens (including phenoxy) is 1. The maximum absolute atomic E-state index is 13.9. The van der Waals surface area contributed by atoms with Crippen molar-refractivity contribution in [3.8, 4) is 11.6 Å². The zero-order valence-corrected chi connectivity index (χ0v) is 16.8. The van der Waals surface area contributed by atoms with Crippen molar-refractivity contribution in [2.75, 3.05) is 5.75 Å². The molecule has 1 heterocycles. The number of benzene rings is 2. The van der Waals surface area contributed by atoms with Crippen molar-refractivity contribution in [3.63, 3.8) is 0 Å². The van der Waals surface area contributed by atoms with Crippen molar-refractivity contribution in [2.45, 2.75) is 31.6 Å². The van der Waals surface area contributed by atoms with Gasteiger partial charge in [-0.15, -0.1) is 0 Å². The molecule has 0 saturated heterocycles. The molecule has 6 nitrogen and oxygen atoms in total. The molecule has 29 heavy (non-hydrogen) atoms. The van der Waals surface area contributed by atoms with Crippen LogP contribution < -0.4 is 4.74 Å². The first-order valence-corrected chi connectivity index (χ1v) is 10.7. The van der Waals surface area contributed by atoms with Crippen LogP contribution in [0.15, 0.2) is 47.5 Å². The minimum atomic E-state index is -3.39. The van der Waals surface area contributed by atoms with Gasteiger partial charge in [-0.25, -0.2) is 17.8 Å². The fourth-order valence-corrected chi connectivity index (χ4v) is 3.96. The molecule has 0 unspecified atom stereocenters. The normalized spacial score (nSPS) is 11.6. The highest BCUT2D eigenvalue weighted by molar-refractivity contribution is 7.91. The van der Waals surface area contributed by atoms with Gasteiger partial charge in [0.05, 0.1) is 17.1 Å². The Labute approximate surface area is 167 Å². The van der Waals surface area contributed by atoms with Crippen molar-refractivity contribution in [1.29, 1.82) is 0 Å².